The van der Waals surface area contributed by atoms with Gasteiger partial charge in [-0.2, -0.15) is 0 Å². The Morgan fingerprint density at radius 3 is 2.43 bits per heavy atom. The van der Waals surface area contributed by atoms with E-state index in [9.17, 15) is 4.79 Å². The molecule has 3 heteroatoms. The molecule has 0 spiro atoms. The Kier molecular flexibility index (Phi) is 4.01. The lowest BCUT2D eigenvalue weighted by Gasteiger charge is -2.01. The molecular formula is C11H12BrNO. The Hall–Kier alpha value is -0.960. The summed E-state index contributed by atoms with van der Waals surface area (Å²) in [6, 6.07) is 7.09. The van der Waals surface area contributed by atoms with Crippen LogP contribution < -0.4 is 0 Å². The maximum absolute atomic E-state index is 11.6. The first-order valence-electron chi connectivity index (χ1n) is 4.53. The summed E-state index contributed by atoms with van der Waals surface area (Å²) in [5, 5.41) is 7.52. The van der Waals surface area contributed by atoms with Crippen LogP contribution in [-0.4, -0.2) is 11.5 Å². The van der Waals surface area contributed by atoms with Crippen LogP contribution in [0.4, 0.5) is 0 Å². The largest absolute Gasteiger partial charge is 0.301 e. The second kappa shape index (κ2) is 5.05. The zero-order chi connectivity index (χ0) is 10.6. The van der Waals surface area contributed by atoms with E-state index in [-0.39, 0.29) is 11.5 Å². The molecule has 0 atom stereocenters. The molecule has 0 bridgehead atoms. The molecule has 1 aromatic carbocycles. The number of rotatable bonds is 4. The number of benzene rings is 1. The first kappa shape index (κ1) is 11.1. The minimum Gasteiger partial charge on any atom is -0.301 e. The highest BCUT2D eigenvalue weighted by Gasteiger charge is 2.10. The summed E-state index contributed by atoms with van der Waals surface area (Å²) < 4.78 is 0.941. The molecule has 0 aromatic heterocycles. The van der Waals surface area contributed by atoms with Crippen molar-refractivity contribution >= 4 is 27.4 Å². The molecule has 0 aliphatic carbocycles. The van der Waals surface area contributed by atoms with Crippen molar-refractivity contribution in [2.45, 2.75) is 19.8 Å². The van der Waals surface area contributed by atoms with Gasteiger partial charge in [0.1, 0.15) is 0 Å². The molecule has 0 radical (unpaired) electrons. The van der Waals surface area contributed by atoms with E-state index in [1.165, 1.54) is 0 Å². The molecule has 0 saturated carbocycles. The van der Waals surface area contributed by atoms with Gasteiger partial charge in [0.2, 0.25) is 5.78 Å². The van der Waals surface area contributed by atoms with Gasteiger partial charge in [-0.25, -0.2) is 0 Å². The quantitative estimate of drug-likeness (QED) is 0.648. The zero-order valence-electron chi connectivity index (χ0n) is 8.01. The van der Waals surface area contributed by atoms with Crippen molar-refractivity contribution in [3.63, 3.8) is 0 Å². The minimum absolute atomic E-state index is 0.167. The molecule has 2 nitrogen and oxygen atoms in total. The van der Waals surface area contributed by atoms with E-state index < -0.39 is 0 Å². The maximum atomic E-state index is 11.6. The van der Waals surface area contributed by atoms with E-state index in [2.05, 4.69) is 15.9 Å². The second-order valence-electron chi connectivity index (χ2n) is 3.06. The van der Waals surface area contributed by atoms with Crippen LogP contribution in [-0.2, 0) is 0 Å². The summed E-state index contributed by atoms with van der Waals surface area (Å²) in [5.74, 6) is -0.167. The first-order valence-corrected chi connectivity index (χ1v) is 5.32. The van der Waals surface area contributed by atoms with E-state index in [1.54, 1.807) is 12.1 Å². The van der Waals surface area contributed by atoms with Crippen LogP contribution in [0.25, 0.3) is 0 Å². The fourth-order valence-corrected chi connectivity index (χ4v) is 1.40. The van der Waals surface area contributed by atoms with Gasteiger partial charge < -0.3 is 5.41 Å². The van der Waals surface area contributed by atoms with Gasteiger partial charge in [0.15, 0.2) is 0 Å². The molecule has 0 aliphatic rings. The van der Waals surface area contributed by atoms with Crippen molar-refractivity contribution in [1.82, 2.24) is 0 Å². The first-order chi connectivity index (χ1) is 6.65. The number of nitrogens with one attached hydrogen (secondary N) is 1. The topological polar surface area (TPSA) is 40.9 Å². The summed E-state index contributed by atoms with van der Waals surface area (Å²) in [5.41, 5.74) is 0.779. The molecule has 1 aromatic rings. The van der Waals surface area contributed by atoms with Crippen LogP contribution in [0, 0.1) is 5.41 Å². The van der Waals surface area contributed by atoms with Gasteiger partial charge in [0, 0.05) is 10.0 Å². The number of Topliss-reactive ketones (excluding diaryl/α,β-unsaturated/α-hetero) is 1. The lowest BCUT2D eigenvalue weighted by Crippen LogP contribution is -2.12. The van der Waals surface area contributed by atoms with Gasteiger partial charge in [-0.05, 0) is 30.7 Å². The van der Waals surface area contributed by atoms with E-state index in [0.29, 0.717) is 12.0 Å². The lowest BCUT2D eigenvalue weighted by molar-refractivity contribution is 0.106. The Bertz CT molecular complexity index is 343. The number of halogens is 1. The number of ketones is 1. The monoisotopic (exact) mass is 253 g/mol. The predicted molar refractivity (Wildman–Crippen MR) is 61.1 cm³/mol. The van der Waals surface area contributed by atoms with Crippen molar-refractivity contribution in [3.05, 3.63) is 34.3 Å². The molecule has 74 valence electrons. The highest BCUT2D eigenvalue weighted by atomic mass is 79.9. The van der Waals surface area contributed by atoms with Crippen molar-refractivity contribution in [1.29, 1.82) is 5.41 Å². The molecule has 0 fully saturated rings. The SMILES string of the molecule is CCCC(=N)C(=O)c1ccc(Br)cc1. The highest BCUT2D eigenvalue weighted by Crippen LogP contribution is 2.11. The Labute approximate surface area is 92.0 Å². The minimum atomic E-state index is -0.167. The number of carbonyl (C=O) groups is 1. The van der Waals surface area contributed by atoms with Crippen LogP contribution in [0.5, 0.6) is 0 Å². The number of carbonyl (C=O) groups excluding carboxylic acids is 1. The second-order valence-corrected chi connectivity index (χ2v) is 3.98. The van der Waals surface area contributed by atoms with E-state index >= 15 is 0 Å². The standard InChI is InChI=1S/C11H12BrNO/c1-2-3-10(13)11(14)8-4-6-9(12)7-5-8/h4-7,13H,2-3H2,1H3. The van der Waals surface area contributed by atoms with Crippen LogP contribution in [0.1, 0.15) is 30.1 Å². The average Bonchev–Trinajstić information content (AvgIpc) is 2.18. The highest BCUT2D eigenvalue weighted by molar-refractivity contribution is 9.10. The average molecular weight is 254 g/mol. The molecule has 14 heavy (non-hydrogen) atoms. The lowest BCUT2D eigenvalue weighted by atomic mass is 10.0. The van der Waals surface area contributed by atoms with Crippen molar-refractivity contribution in [2.24, 2.45) is 0 Å². The van der Waals surface area contributed by atoms with Gasteiger partial charge in [-0.3, -0.25) is 4.79 Å². The van der Waals surface area contributed by atoms with Gasteiger partial charge in [-0.1, -0.05) is 29.3 Å². The molecule has 0 aliphatic heterocycles. The van der Waals surface area contributed by atoms with E-state index in [4.69, 9.17) is 5.41 Å². The summed E-state index contributed by atoms with van der Waals surface area (Å²) in [6.45, 7) is 1.96. The van der Waals surface area contributed by atoms with Crippen LogP contribution in [0.3, 0.4) is 0 Å². The third-order valence-corrected chi connectivity index (χ3v) is 2.41. The summed E-state index contributed by atoms with van der Waals surface area (Å²) in [6.07, 6.45) is 1.38. The predicted octanol–water partition coefficient (Wildman–Crippen LogP) is 3.45. The molecule has 0 heterocycles. The van der Waals surface area contributed by atoms with Gasteiger partial charge in [0.05, 0.1) is 5.71 Å². The maximum Gasteiger partial charge on any atom is 0.206 e. The van der Waals surface area contributed by atoms with Crippen LogP contribution in [0.15, 0.2) is 28.7 Å². The van der Waals surface area contributed by atoms with Crippen LogP contribution >= 0.6 is 15.9 Å². The van der Waals surface area contributed by atoms with Crippen molar-refractivity contribution in [3.8, 4) is 0 Å². The molecule has 0 saturated heterocycles. The molecular weight excluding hydrogens is 242 g/mol. The summed E-state index contributed by atoms with van der Waals surface area (Å²) in [4.78, 5) is 11.6. The van der Waals surface area contributed by atoms with E-state index in [0.717, 1.165) is 10.9 Å². The Balaban J connectivity index is 2.79. The third kappa shape index (κ3) is 2.77. The normalized spacial score (nSPS) is 9.86. The summed E-state index contributed by atoms with van der Waals surface area (Å²) in [7, 11) is 0. The molecule has 0 amide bonds. The fraction of sp³-hybridized carbons (Fsp3) is 0.273. The van der Waals surface area contributed by atoms with Gasteiger partial charge in [-0.15, -0.1) is 0 Å². The van der Waals surface area contributed by atoms with Gasteiger partial charge in [0.25, 0.3) is 0 Å². The number of hydrogen-bond donors (Lipinski definition) is 1. The van der Waals surface area contributed by atoms with Crippen molar-refractivity contribution in [2.75, 3.05) is 0 Å². The van der Waals surface area contributed by atoms with Crippen molar-refractivity contribution < 1.29 is 4.79 Å². The summed E-state index contributed by atoms with van der Waals surface area (Å²) >= 11 is 3.30. The molecule has 1 N–H and O–H groups in total. The van der Waals surface area contributed by atoms with Gasteiger partial charge >= 0.3 is 0 Å². The Morgan fingerprint density at radius 2 is 1.93 bits per heavy atom. The van der Waals surface area contributed by atoms with Crippen LogP contribution in [0.2, 0.25) is 0 Å². The Morgan fingerprint density at radius 1 is 1.36 bits per heavy atom. The zero-order valence-corrected chi connectivity index (χ0v) is 9.60. The number of hydrogen-bond acceptors (Lipinski definition) is 2. The smallest absolute Gasteiger partial charge is 0.206 e. The third-order valence-electron chi connectivity index (χ3n) is 1.88. The molecule has 0 unspecified atom stereocenters. The van der Waals surface area contributed by atoms with E-state index in [1.807, 2.05) is 19.1 Å². The fourth-order valence-electron chi connectivity index (χ4n) is 1.14. The molecule has 1 rings (SSSR count).